The van der Waals surface area contributed by atoms with E-state index in [4.69, 9.17) is 0 Å². The van der Waals surface area contributed by atoms with Crippen molar-refractivity contribution in [2.45, 2.75) is 0 Å². The minimum absolute atomic E-state index is 1.14. The van der Waals surface area contributed by atoms with Crippen molar-refractivity contribution in [3.8, 4) is 33.6 Å². The highest BCUT2D eigenvalue weighted by atomic mass is 28.3. The summed E-state index contributed by atoms with van der Waals surface area (Å²) in [6.07, 6.45) is 0. The summed E-state index contributed by atoms with van der Waals surface area (Å²) in [7, 11) is -2.73. The van der Waals surface area contributed by atoms with Gasteiger partial charge in [-0.1, -0.05) is 206 Å². The summed E-state index contributed by atoms with van der Waals surface area (Å²) < 4.78 is 4.89. The molecule has 0 amide bonds. The normalized spacial score (nSPS) is 11.8. The molecule has 0 aliphatic heterocycles. The molecule has 2 nitrogen and oxygen atoms in total. The summed E-state index contributed by atoms with van der Waals surface area (Å²) in [5.74, 6) is 0. The smallest absolute Gasteiger partial charge is 0.179 e. The zero-order chi connectivity index (χ0) is 41.7. The van der Waals surface area contributed by atoms with Crippen LogP contribution in [0.5, 0.6) is 0 Å². The first-order valence-corrected chi connectivity index (χ1v) is 23.8. The van der Waals surface area contributed by atoms with Crippen molar-refractivity contribution in [1.29, 1.82) is 0 Å². The number of para-hydroxylation sites is 2. The zero-order valence-corrected chi connectivity index (χ0v) is 35.6. The Morgan fingerprint density at radius 2 is 0.619 bits per heavy atom. The van der Waals surface area contributed by atoms with Gasteiger partial charge in [-0.2, -0.15) is 0 Å². The number of hydrogen-bond donors (Lipinski definition) is 0. The lowest BCUT2D eigenvalue weighted by atomic mass is 10.00. The molecule has 0 unspecified atom stereocenters. The highest BCUT2D eigenvalue weighted by Gasteiger charge is 2.41. The molecule has 0 saturated carbocycles. The number of nitrogens with zero attached hydrogens (tertiary/aromatic N) is 2. The van der Waals surface area contributed by atoms with Crippen LogP contribution in [0.1, 0.15) is 0 Å². The first kappa shape index (κ1) is 36.8. The maximum atomic E-state index is 2.51. The molecule has 0 aliphatic rings. The molecular formula is C60H42N2Si. The number of aromatic nitrogens is 2. The van der Waals surface area contributed by atoms with E-state index in [1.165, 1.54) is 86.6 Å². The number of fused-ring (bicyclic) bond motifs is 6. The summed E-state index contributed by atoms with van der Waals surface area (Å²) in [6, 6.07) is 94.1. The Labute approximate surface area is 368 Å². The molecule has 0 fully saturated rings. The van der Waals surface area contributed by atoms with Crippen molar-refractivity contribution in [3.05, 3.63) is 255 Å². The summed E-state index contributed by atoms with van der Waals surface area (Å²) in [5.41, 5.74) is 11.9. The molecule has 296 valence electrons. The van der Waals surface area contributed by atoms with E-state index in [-0.39, 0.29) is 0 Å². The van der Waals surface area contributed by atoms with E-state index in [2.05, 4.69) is 264 Å². The lowest BCUT2D eigenvalue weighted by Crippen LogP contribution is -2.74. The Bertz CT molecular complexity index is 3490. The second-order valence-electron chi connectivity index (χ2n) is 16.5. The number of hydrogen-bond acceptors (Lipinski definition) is 0. The maximum Gasteiger partial charge on any atom is 0.179 e. The van der Waals surface area contributed by atoms with Gasteiger partial charge in [-0.15, -0.1) is 0 Å². The van der Waals surface area contributed by atoms with Crippen molar-refractivity contribution in [2.24, 2.45) is 0 Å². The van der Waals surface area contributed by atoms with Crippen LogP contribution in [0.15, 0.2) is 255 Å². The quantitative estimate of drug-likeness (QED) is 0.107. The Morgan fingerprint density at radius 1 is 0.222 bits per heavy atom. The van der Waals surface area contributed by atoms with Crippen LogP contribution in [-0.2, 0) is 0 Å². The first-order chi connectivity index (χ1) is 31.3. The molecule has 0 bridgehead atoms. The standard InChI is InChI=1S/C60H42N2Si/c1-5-18-43(19-6-1)44-32-34-45(35-33-44)46-20-17-21-47(40-46)61-57-30-15-13-28-53(57)55-41-48(36-38-59(55)61)62-58-31-16-14-29-54(58)56-42-52(37-39-60(56)62)63(49-22-7-2-8-23-49,50-24-9-3-10-25-50)51-26-11-4-12-27-51/h1-42H. The highest BCUT2D eigenvalue weighted by Crippen LogP contribution is 2.38. The molecule has 63 heavy (non-hydrogen) atoms. The van der Waals surface area contributed by atoms with Crippen LogP contribution in [0.2, 0.25) is 0 Å². The zero-order valence-electron chi connectivity index (χ0n) is 34.6. The largest absolute Gasteiger partial charge is 0.309 e. The van der Waals surface area contributed by atoms with Crippen LogP contribution in [0.25, 0.3) is 77.2 Å². The number of rotatable bonds is 8. The molecule has 2 aromatic heterocycles. The fourth-order valence-corrected chi connectivity index (χ4v) is 15.0. The molecule has 2 heterocycles. The van der Waals surface area contributed by atoms with Crippen molar-refractivity contribution < 1.29 is 0 Å². The second-order valence-corrected chi connectivity index (χ2v) is 20.3. The van der Waals surface area contributed by atoms with Gasteiger partial charge in [0.05, 0.1) is 22.1 Å². The molecule has 10 aromatic carbocycles. The second kappa shape index (κ2) is 15.2. The first-order valence-electron chi connectivity index (χ1n) is 21.8. The molecule has 12 aromatic rings. The fraction of sp³-hybridized carbons (Fsp3) is 0. The van der Waals surface area contributed by atoms with Gasteiger partial charge in [0.1, 0.15) is 0 Å². The van der Waals surface area contributed by atoms with Gasteiger partial charge in [-0.05, 0) is 91.5 Å². The van der Waals surface area contributed by atoms with Crippen LogP contribution >= 0.6 is 0 Å². The van der Waals surface area contributed by atoms with Gasteiger partial charge >= 0.3 is 0 Å². The lowest BCUT2D eigenvalue weighted by molar-refractivity contribution is 1.17. The Kier molecular flexibility index (Phi) is 8.87. The minimum atomic E-state index is -2.73. The van der Waals surface area contributed by atoms with Gasteiger partial charge in [0.2, 0.25) is 0 Å². The Hall–Kier alpha value is -7.98. The summed E-state index contributed by atoms with van der Waals surface area (Å²) in [6.45, 7) is 0. The third-order valence-corrected chi connectivity index (χ3v) is 17.8. The summed E-state index contributed by atoms with van der Waals surface area (Å²) in [5, 5.41) is 10.5. The van der Waals surface area contributed by atoms with Crippen molar-refractivity contribution in [2.75, 3.05) is 0 Å². The summed E-state index contributed by atoms with van der Waals surface area (Å²) >= 11 is 0. The molecule has 0 spiro atoms. The van der Waals surface area contributed by atoms with Crippen molar-refractivity contribution in [1.82, 2.24) is 9.13 Å². The molecule has 0 atom stereocenters. The number of benzene rings is 10. The van der Waals surface area contributed by atoms with Gasteiger partial charge in [-0.25, -0.2) is 0 Å². The SMILES string of the molecule is c1ccc(-c2ccc(-c3cccc(-n4c5ccccc5c5cc(-n6c7ccccc7c7cc([Si](c8ccccc8)(c8ccccc8)c8ccccc8)ccc76)ccc54)c3)cc2)cc1. The summed E-state index contributed by atoms with van der Waals surface area (Å²) in [4.78, 5) is 0. The van der Waals surface area contributed by atoms with Gasteiger partial charge in [0.25, 0.3) is 0 Å². The predicted molar refractivity (Wildman–Crippen MR) is 270 cm³/mol. The molecule has 3 heteroatoms. The average Bonchev–Trinajstić information content (AvgIpc) is 3.88. The molecule has 0 aliphatic carbocycles. The lowest BCUT2D eigenvalue weighted by Gasteiger charge is -2.34. The van der Waals surface area contributed by atoms with Crippen LogP contribution in [0, 0.1) is 0 Å². The molecule has 12 rings (SSSR count). The average molecular weight is 819 g/mol. The van der Waals surface area contributed by atoms with Gasteiger partial charge in [0, 0.05) is 32.9 Å². The van der Waals surface area contributed by atoms with E-state index in [9.17, 15) is 0 Å². The van der Waals surface area contributed by atoms with Crippen molar-refractivity contribution >= 4 is 72.4 Å². The Balaban J connectivity index is 1.02. The molecular weight excluding hydrogens is 777 g/mol. The van der Waals surface area contributed by atoms with E-state index in [0.717, 1.165) is 11.4 Å². The highest BCUT2D eigenvalue weighted by molar-refractivity contribution is 7.20. The minimum Gasteiger partial charge on any atom is -0.309 e. The molecule has 0 saturated heterocycles. The van der Waals surface area contributed by atoms with E-state index in [1.807, 2.05) is 0 Å². The topological polar surface area (TPSA) is 9.86 Å². The monoisotopic (exact) mass is 818 g/mol. The third-order valence-electron chi connectivity index (χ3n) is 13.1. The predicted octanol–water partition coefficient (Wildman–Crippen LogP) is 12.6. The molecule has 0 N–H and O–H groups in total. The van der Waals surface area contributed by atoms with E-state index in [0.29, 0.717) is 0 Å². The van der Waals surface area contributed by atoms with E-state index >= 15 is 0 Å². The van der Waals surface area contributed by atoms with Crippen LogP contribution < -0.4 is 20.7 Å². The van der Waals surface area contributed by atoms with E-state index in [1.54, 1.807) is 0 Å². The molecule has 0 radical (unpaired) electrons. The third kappa shape index (κ3) is 6.00. The van der Waals surface area contributed by atoms with Crippen LogP contribution in [-0.4, -0.2) is 17.2 Å². The van der Waals surface area contributed by atoms with E-state index < -0.39 is 8.07 Å². The van der Waals surface area contributed by atoms with Crippen LogP contribution in [0.3, 0.4) is 0 Å². The van der Waals surface area contributed by atoms with Gasteiger partial charge in [0.15, 0.2) is 8.07 Å². The van der Waals surface area contributed by atoms with Gasteiger partial charge in [-0.3, -0.25) is 0 Å². The maximum absolute atomic E-state index is 2.73. The fourth-order valence-electron chi connectivity index (χ4n) is 10.2. The van der Waals surface area contributed by atoms with Crippen LogP contribution in [0.4, 0.5) is 0 Å². The van der Waals surface area contributed by atoms with Crippen molar-refractivity contribution in [3.63, 3.8) is 0 Å². The Morgan fingerprint density at radius 3 is 1.17 bits per heavy atom. The van der Waals surface area contributed by atoms with Gasteiger partial charge < -0.3 is 9.13 Å².